The highest BCUT2D eigenvalue weighted by molar-refractivity contribution is 6.04. The van der Waals surface area contributed by atoms with Crippen LogP contribution in [0.2, 0.25) is 0 Å². The van der Waals surface area contributed by atoms with E-state index in [-0.39, 0.29) is 5.91 Å². The highest BCUT2D eigenvalue weighted by atomic mass is 16.5. The van der Waals surface area contributed by atoms with E-state index in [2.05, 4.69) is 20.5 Å². The molecule has 1 N–H and O–H groups in total. The molecule has 7 heteroatoms. The zero-order valence-corrected chi connectivity index (χ0v) is 14.0. The lowest BCUT2D eigenvalue weighted by Crippen LogP contribution is -2.11. The Kier molecular flexibility index (Phi) is 4.03. The van der Waals surface area contributed by atoms with Crippen LogP contribution in [0.5, 0.6) is 5.75 Å². The predicted molar refractivity (Wildman–Crippen MR) is 97.2 cm³/mol. The number of amides is 1. The number of ether oxygens (including phenoxy) is 1. The van der Waals surface area contributed by atoms with Crippen LogP contribution in [-0.4, -0.2) is 32.6 Å². The summed E-state index contributed by atoms with van der Waals surface area (Å²) in [6.45, 7) is 0. The molecule has 4 aromatic rings. The second-order valence-electron chi connectivity index (χ2n) is 5.58. The Morgan fingerprint density at radius 1 is 1.08 bits per heavy atom. The molecular weight excluding hydrogens is 330 g/mol. The summed E-state index contributed by atoms with van der Waals surface area (Å²) in [5, 5.41) is 11.1. The van der Waals surface area contributed by atoms with Crippen molar-refractivity contribution < 1.29 is 9.53 Å². The third-order valence-electron chi connectivity index (χ3n) is 3.92. The first kappa shape index (κ1) is 15.8. The van der Waals surface area contributed by atoms with Gasteiger partial charge in [0.05, 0.1) is 7.11 Å². The Morgan fingerprint density at radius 3 is 2.73 bits per heavy atom. The number of hydrogen-bond acceptors (Lipinski definition) is 5. The highest BCUT2D eigenvalue weighted by Gasteiger charge is 2.11. The Labute approximate surface area is 149 Å². The van der Waals surface area contributed by atoms with Crippen LogP contribution in [0.15, 0.2) is 67.0 Å². The molecule has 0 aliphatic carbocycles. The number of anilines is 1. The van der Waals surface area contributed by atoms with Crippen LogP contribution >= 0.6 is 0 Å². The molecule has 2 aromatic carbocycles. The van der Waals surface area contributed by atoms with Crippen molar-refractivity contribution in [3.8, 4) is 17.1 Å². The number of carbonyl (C=O) groups is 1. The van der Waals surface area contributed by atoms with E-state index in [0.717, 1.165) is 5.56 Å². The molecule has 0 fully saturated rings. The standard InChI is InChI=1S/C19H15N5O2/c1-26-16-5-2-4-15(12-16)21-18(25)14-8-6-13(7-9-14)17-22-23-19-20-10-3-11-24(17)19/h2-12H,1H3,(H,21,25). The van der Waals surface area contributed by atoms with Gasteiger partial charge in [-0.1, -0.05) is 18.2 Å². The number of benzene rings is 2. The van der Waals surface area contributed by atoms with Gasteiger partial charge < -0.3 is 10.1 Å². The number of nitrogens with zero attached hydrogens (tertiary/aromatic N) is 4. The lowest BCUT2D eigenvalue weighted by molar-refractivity contribution is 0.102. The Bertz CT molecular complexity index is 1070. The molecule has 7 nitrogen and oxygen atoms in total. The largest absolute Gasteiger partial charge is 0.497 e. The summed E-state index contributed by atoms with van der Waals surface area (Å²) >= 11 is 0. The van der Waals surface area contributed by atoms with Gasteiger partial charge in [0.25, 0.3) is 11.7 Å². The molecule has 0 aliphatic heterocycles. The van der Waals surface area contributed by atoms with E-state index in [1.165, 1.54) is 0 Å². The van der Waals surface area contributed by atoms with Crippen LogP contribution in [0, 0.1) is 0 Å². The monoisotopic (exact) mass is 345 g/mol. The fraction of sp³-hybridized carbons (Fsp3) is 0.0526. The molecular formula is C19H15N5O2. The first-order valence-electron chi connectivity index (χ1n) is 7.96. The lowest BCUT2D eigenvalue weighted by atomic mass is 10.1. The molecule has 0 spiro atoms. The van der Waals surface area contributed by atoms with E-state index < -0.39 is 0 Å². The van der Waals surface area contributed by atoms with Crippen LogP contribution < -0.4 is 10.1 Å². The van der Waals surface area contributed by atoms with Crippen molar-refractivity contribution in [2.45, 2.75) is 0 Å². The molecule has 26 heavy (non-hydrogen) atoms. The Morgan fingerprint density at radius 2 is 1.92 bits per heavy atom. The van der Waals surface area contributed by atoms with E-state index in [9.17, 15) is 4.79 Å². The quantitative estimate of drug-likeness (QED) is 0.615. The molecule has 0 saturated carbocycles. The van der Waals surface area contributed by atoms with Gasteiger partial charge in [0.2, 0.25) is 0 Å². The molecule has 1 amide bonds. The Balaban J connectivity index is 1.56. The molecule has 0 unspecified atom stereocenters. The maximum atomic E-state index is 12.4. The number of hydrogen-bond donors (Lipinski definition) is 1. The zero-order chi connectivity index (χ0) is 17.9. The van der Waals surface area contributed by atoms with Crippen molar-refractivity contribution in [3.63, 3.8) is 0 Å². The van der Waals surface area contributed by atoms with Crippen molar-refractivity contribution in [1.82, 2.24) is 19.6 Å². The maximum Gasteiger partial charge on any atom is 0.255 e. The average molecular weight is 345 g/mol. The summed E-state index contributed by atoms with van der Waals surface area (Å²) in [7, 11) is 1.59. The summed E-state index contributed by atoms with van der Waals surface area (Å²) in [5.74, 6) is 1.69. The normalized spacial score (nSPS) is 10.7. The van der Waals surface area contributed by atoms with Crippen LogP contribution in [0.4, 0.5) is 5.69 Å². The van der Waals surface area contributed by atoms with Crippen LogP contribution in [0.25, 0.3) is 17.2 Å². The number of fused-ring (bicyclic) bond motifs is 1. The fourth-order valence-corrected chi connectivity index (χ4v) is 2.61. The topological polar surface area (TPSA) is 81.4 Å². The van der Waals surface area contributed by atoms with Crippen molar-refractivity contribution in [1.29, 1.82) is 0 Å². The highest BCUT2D eigenvalue weighted by Crippen LogP contribution is 2.20. The summed E-state index contributed by atoms with van der Waals surface area (Å²) in [5.41, 5.74) is 2.07. The van der Waals surface area contributed by atoms with E-state index in [4.69, 9.17) is 4.74 Å². The molecule has 2 heterocycles. The van der Waals surface area contributed by atoms with Crippen molar-refractivity contribution >= 4 is 17.4 Å². The molecule has 128 valence electrons. The van der Waals surface area contributed by atoms with Gasteiger partial charge in [0.15, 0.2) is 5.82 Å². The van der Waals surface area contributed by atoms with Gasteiger partial charge in [-0.05, 0) is 30.3 Å². The second-order valence-corrected chi connectivity index (χ2v) is 5.58. The zero-order valence-electron chi connectivity index (χ0n) is 14.0. The van der Waals surface area contributed by atoms with E-state index in [1.807, 2.05) is 42.6 Å². The van der Waals surface area contributed by atoms with Gasteiger partial charge >= 0.3 is 0 Å². The summed E-state index contributed by atoms with van der Waals surface area (Å²) in [4.78, 5) is 16.6. The average Bonchev–Trinajstić information content (AvgIpc) is 3.12. The third-order valence-corrected chi connectivity index (χ3v) is 3.92. The minimum atomic E-state index is -0.197. The number of nitrogens with one attached hydrogen (secondary N) is 1. The van der Waals surface area contributed by atoms with E-state index >= 15 is 0 Å². The number of methoxy groups -OCH3 is 1. The predicted octanol–water partition coefficient (Wildman–Crippen LogP) is 3.05. The minimum Gasteiger partial charge on any atom is -0.497 e. The maximum absolute atomic E-state index is 12.4. The lowest BCUT2D eigenvalue weighted by Gasteiger charge is -2.07. The minimum absolute atomic E-state index is 0.197. The summed E-state index contributed by atoms with van der Waals surface area (Å²) in [6.07, 6.45) is 3.51. The van der Waals surface area contributed by atoms with Gasteiger partial charge in [-0.25, -0.2) is 4.98 Å². The van der Waals surface area contributed by atoms with Gasteiger partial charge in [0.1, 0.15) is 5.75 Å². The molecule has 0 bridgehead atoms. The van der Waals surface area contributed by atoms with E-state index in [1.54, 1.807) is 35.9 Å². The van der Waals surface area contributed by atoms with E-state index in [0.29, 0.717) is 28.6 Å². The second kappa shape index (κ2) is 6.64. The van der Waals surface area contributed by atoms with Gasteiger partial charge in [-0.15, -0.1) is 10.2 Å². The first-order chi connectivity index (χ1) is 12.7. The molecule has 2 aromatic heterocycles. The van der Waals surface area contributed by atoms with Crippen molar-refractivity contribution in [3.05, 3.63) is 72.6 Å². The summed E-state index contributed by atoms with van der Waals surface area (Å²) < 4.78 is 6.96. The smallest absolute Gasteiger partial charge is 0.255 e. The molecule has 0 aliphatic rings. The van der Waals surface area contributed by atoms with Crippen molar-refractivity contribution in [2.75, 3.05) is 12.4 Å². The van der Waals surface area contributed by atoms with Gasteiger partial charge in [-0.2, -0.15) is 0 Å². The molecule has 0 radical (unpaired) electrons. The molecule has 0 saturated heterocycles. The first-order valence-corrected chi connectivity index (χ1v) is 7.96. The fourth-order valence-electron chi connectivity index (χ4n) is 2.61. The third kappa shape index (κ3) is 2.98. The SMILES string of the molecule is COc1cccc(NC(=O)c2ccc(-c3nnc4ncccn34)cc2)c1. The van der Waals surface area contributed by atoms with Crippen molar-refractivity contribution in [2.24, 2.45) is 0 Å². The van der Waals surface area contributed by atoms with Crippen LogP contribution in [-0.2, 0) is 0 Å². The van der Waals surface area contributed by atoms with Gasteiger partial charge in [-0.3, -0.25) is 9.20 Å². The number of aromatic nitrogens is 4. The molecule has 0 atom stereocenters. The molecule has 4 rings (SSSR count). The van der Waals surface area contributed by atoms with Crippen LogP contribution in [0.1, 0.15) is 10.4 Å². The number of carbonyl (C=O) groups excluding carboxylic acids is 1. The Hall–Kier alpha value is -3.74. The van der Waals surface area contributed by atoms with Crippen LogP contribution in [0.3, 0.4) is 0 Å². The number of rotatable bonds is 4. The summed E-state index contributed by atoms with van der Waals surface area (Å²) in [6, 6.07) is 16.2. The van der Waals surface area contributed by atoms with Gasteiger partial charge in [0, 0.05) is 35.3 Å².